The maximum absolute atomic E-state index is 13.2. The van der Waals surface area contributed by atoms with Gasteiger partial charge in [0.25, 0.3) is 0 Å². The third-order valence-corrected chi connectivity index (χ3v) is 6.98. The maximum atomic E-state index is 13.2. The Hall–Kier alpha value is -1.86. The fourth-order valence-corrected chi connectivity index (χ4v) is 6.39. The average molecular weight is 476 g/mol. The van der Waals surface area contributed by atoms with Gasteiger partial charge < -0.3 is 25.4 Å². The molecule has 0 radical (unpaired) electrons. The summed E-state index contributed by atoms with van der Waals surface area (Å²) in [5, 5.41) is 10.4. The average Bonchev–Trinajstić information content (AvgIpc) is 2.55. The van der Waals surface area contributed by atoms with E-state index in [1.165, 1.54) is 0 Å². The highest BCUT2D eigenvalue weighted by molar-refractivity contribution is 5.96. The molecule has 3 aliphatic rings. The zero-order valence-electron chi connectivity index (χ0n) is 22.8. The molecular formula is C27H45N3O4. The van der Waals surface area contributed by atoms with Crippen molar-refractivity contribution in [3.63, 3.8) is 0 Å². The molecule has 3 rings (SSSR count). The molecule has 192 valence electrons. The molecule has 0 aliphatic carbocycles. The quantitative estimate of drug-likeness (QED) is 0.524. The number of rotatable bonds is 4. The molecule has 7 nitrogen and oxygen atoms in total. The van der Waals surface area contributed by atoms with Crippen molar-refractivity contribution in [2.45, 2.75) is 136 Å². The minimum atomic E-state index is -0.356. The van der Waals surface area contributed by atoms with E-state index in [4.69, 9.17) is 9.47 Å². The molecule has 0 spiro atoms. The first-order valence-corrected chi connectivity index (χ1v) is 12.5. The van der Waals surface area contributed by atoms with Gasteiger partial charge >= 0.3 is 11.9 Å². The van der Waals surface area contributed by atoms with E-state index in [0.29, 0.717) is 11.1 Å². The van der Waals surface area contributed by atoms with Crippen molar-refractivity contribution in [2.75, 3.05) is 0 Å². The number of carbonyl (C=O) groups excluding carboxylic acids is 2. The monoisotopic (exact) mass is 475 g/mol. The summed E-state index contributed by atoms with van der Waals surface area (Å²) in [6.45, 7) is 20.8. The maximum Gasteiger partial charge on any atom is 0.336 e. The third-order valence-electron chi connectivity index (χ3n) is 6.98. The molecule has 2 fully saturated rings. The Kier molecular flexibility index (Phi) is 7.06. The number of carbonyl (C=O) groups is 2. The predicted octanol–water partition coefficient (Wildman–Crippen LogP) is 4.23. The van der Waals surface area contributed by atoms with E-state index in [9.17, 15) is 9.59 Å². The van der Waals surface area contributed by atoms with Gasteiger partial charge in [-0.15, -0.1) is 0 Å². The van der Waals surface area contributed by atoms with Crippen LogP contribution in [0.4, 0.5) is 0 Å². The minimum absolute atomic E-state index is 0.122. The summed E-state index contributed by atoms with van der Waals surface area (Å²) in [6.07, 6.45) is 2.83. The zero-order valence-corrected chi connectivity index (χ0v) is 22.8. The van der Waals surface area contributed by atoms with Crippen LogP contribution in [0.25, 0.3) is 0 Å². The Morgan fingerprint density at radius 2 is 0.941 bits per heavy atom. The number of dihydropyridines is 1. The number of nitrogens with one attached hydrogen (secondary N) is 3. The Morgan fingerprint density at radius 3 is 1.24 bits per heavy atom. The molecule has 7 heteroatoms. The lowest BCUT2D eigenvalue weighted by Gasteiger charge is -2.46. The first-order chi connectivity index (χ1) is 15.4. The SMILES string of the molecule is CC1=C(C(=O)OC2CC(C)(C)NC(C)(C)C2)CC(C(=O)OC2CC(C)(C)NC(C)(C)C2)=C(C)N1. The lowest BCUT2D eigenvalue weighted by atomic mass is 9.81. The minimum Gasteiger partial charge on any atom is -0.459 e. The molecule has 0 aromatic rings. The third kappa shape index (κ3) is 6.63. The lowest BCUT2D eigenvalue weighted by Crippen LogP contribution is -2.59. The molecule has 34 heavy (non-hydrogen) atoms. The van der Waals surface area contributed by atoms with Crippen molar-refractivity contribution in [2.24, 2.45) is 0 Å². The first kappa shape index (κ1) is 26.7. The van der Waals surface area contributed by atoms with Crippen LogP contribution in [0.3, 0.4) is 0 Å². The summed E-state index contributed by atoms with van der Waals surface area (Å²) in [5.41, 5.74) is 1.97. The van der Waals surface area contributed by atoms with Crippen LogP contribution in [0.1, 0.15) is 101 Å². The number of allylic oxidation sites excluding steroid dienone is 2. The van der Waals surface area contributed by atoms with E-state index in [-0.39, 0.29) is 52.7 Å². The molecule has 0 saturated carbocycles. The highest BCUT2D eigenvalue weighted by atomic mass is 16.5. The zero-order chi connectivity index (χ0) is 25.7. The summed E-state index contributed by atoms with van der Waals surface area (Å²) in [7, 11) is 0. The topological polar surface area (TPSA) is 88.7 Å². The Labute approximate surface area is 205 Å². The molecule has 0 atom stereocenters. The van der Waals surface area contributed by atoms with Gasteiger partial charge in [-0.1, -0.05) is 0 Å². The van der Waals surface area contributed by atoms with Gasteiger partial charge in [0.15, 0.2) is 0 Å². The van der Waals surface area contributed by atoms with Crippen LogP contribution in [0.5, 0.6) is 0 Å². The lowest BCUT2D eigenvalue weighted by molar-refractivity contribution is -0.149. The first-order valence-electron chi connectivity index (χ1n) is 12.5. The summed E-state index contributed by atoms with van der Waals surface area (Å²) in [6, 6.07) is 0. The Balaban J connectivity index is 1.68. The molecule has 0 amide bonds. The molecule has 0 aromatic heterocycles. The number of hydrogen-bond acceptors (Lipinski definition) is 7. The molecule has 0 aromatic carbocycles. The molecular weight excluding hydrogens is 430 g/mol. The number of piperidine rings is 2. The number of hydrogen-bond donors (Lipinski definition) is 3. The second-order valence-electron chi connectivity index (χ2n) is 13.2. The van der Waals surface area contributed by atoms with Gasteiger partial charge in [-0.25, -0.2) is 9.59 Å². The van der Waals surface area contributed by atoms with Crippen molar-refractivity contribution in [1.29, 1.82) is 0 Å². The van der Waals surface area contributed by atoms with Gasteiger partial charge in [-0.3, -0.25) is 0 Å². The van der Waals surface area contributed by atoms with Gasteiger partial charge in [0, 0.05) is 65.7 Å². The van der Waals surface area contributed by atoms with Gasteiger partial charge in [0.2, 0.25) is 0 Å². The molecule has 3 N–H and O–H groups in total. The van der Waals surface area contributed by atoms with Crippen LogP contribution in [0.2, 0.25) is 0 Å². The normalized spacial score (nSPS) is 26.6. The van der Waals surface area contributed by atoms with Gasteiger partial charge in [0.1, 0.15) is 12.2 Å². The molecule has 3 heterocycles. The molecule has 0 unspecified atom stereocenters. The van der Waals surface area contributed by atoms with Gasteiger partial charge in [-0.05, 0) is 69.2 Å². The fourth-order valence-electron chi connectivity index (χ4n) is 6.39. The summed E-state index contributed by atoms with van der Waals surface area (Å²) >= 11 is 0. The summed E-state index contributed by atoms with van der Waals surface area (Å²) < 4.78 is 12.0. The van der Waals surface area contributed by atoms with Crippen LogP contribution < -0.4 is 16.0 Å². The van der Waals surface area contributed by atoms with Crippen LogP contribution in [0.15, 0.2) is 22.5 Å². The number of esters is 2. The van der Waals surface area contributed by atoms with Crippen molar-refractivity contribution in [3.8, 4) is 0 Å². The van der Waals surface area contributed by atoms with Gasteiger partial charge in [-0.2, -0.15) is 0 Å². The predicted molar refractivity (Wildman–Crippen MR) is 134 cm³/mol. The molecule has 2 saturated heterocycles. The second-order valence-corrected chi connectivity index (χ2v) is 13.2. The van der Waals surface area contributed by atoms with E-state index in [0.717, 1.165) is 37.1 Å². The van der Waals surface area contributed by atoms with Crippen molar-refractivity contribution in [1.82, 2.24) is 16.0 Å². The van der Waals surface area contributed by atoms with Crippen LogP contribution in [-0.2, 0) is 19.1 Å². The molecule has 0 bridgehead atoms. The highest BCUT2D eigenvalue weighted by Crippen LogP contribution is 2.34. The van der Waals surface area contributed by atoms with Crippen LogP contribution in [0, 0.1) is 0 Å². The van der Waals surface area contributed by atoms with E-state index >= 15 is 0 Å². The van der Waals surface area contributed by atoms with E-state index in [2.05, 4.69) is 71.3 Å². The van der Waals surface area contributed by atoms with E-state index in [1.54, 1.807) is 0 Å². The van der Waals surface area contributed by atoms with Crippen molar-refractivity contribution < 1.29 is 19.1 Å². The highest BCUT2D eigenvalue weighted by Gasteiger charge is 2.42. The van der Waals surface area contributed by atoms with Crippen molar-refractivity contribution in [3.05, 3.63) is 22.5 Å². The standard InChI is InChI=1S/C27H45N3O4/c1-16-20(22(31)33-18-12-24(3,4)29-25(5,6)13-18)11-21(17(2)28-16)23(32)34-19-14-26(7,8)30-27(9,10)15-19/h18-19,28-30H,11-15H2,1-10H3. The molecule has 3 aliphatic heterocycles. The van der Waals surface area contributed by atoms with Crippen LogP contribution >= 0.6 is 0 Å². The smallest absolute Gasteiger partial charge is 0.336 e. The Morgan fingerprint density at radius 1 is 0.647 bits per heavy atom. The summed E-state index contributed by atoms with van der Waals surface area (Å²) in [4.78, 5) is 26.4. The Bertz CT molecular complexity index is 807. The van der Waals surface area contributed by atoms with E-state index < -0.39 is 0 Å². The van der Waals surface area contributed by atoms with Crippen molar-refractivity contribution >= 4 is 11.9 Å². The number of ether oxygens (including phenoxy) is 2. The summed E-state index contributed by atoms with van der Waals surface area (Å²) in [5.74, 6) is -0.712. The second kappa shape index (κ2) is 8.98. The fraction of sp³-hybridized carbons (Fsp3) is 0.778. The van der Waals surface area contributed by atoms with Crippen LogP contribution in [-0.4, -0.2) is 46.3 Å². The van der Waals surface area contributed by atoms with Gasteiger partial charge in [0.05, 0.1) is 11.1 Å². The van der Waals surface area contributed by atoms with E-state index in [1.807, 2.05) is 13.8 Å². The largest absolute Gasteiger partial charge is 0.459 e.